The normalized spacial score (nSPS) is 14.4. The average Bonchev–Trinajstić information content (AvgIpc) is 2.61. The van der Waals surface area contributed by atoms with E-state index in [1.807, 2.05) is 19.1 Å². The van der Waals surface area contributed by atoms with E-state index in [-0.39, 0.29) is 12.0 Å². The Hall–Kier alpha value is -2.31. The van der Waals surface area contributed by atoms with Crippen LogP contribution in [0, 0.1) is 0 Å². The van der Waals surface area contributed by atoms with Crippen molar-refractivity contribution in [2.45, 2.75) is 33.1 Å². The third-order valence-corrected chi connectivity index (χ3v) is 3.94. The molecule has 2 amide bonds. The molecule has 132 valence electrons. The number of pyridine rings is 1. The molecule has 0 radical (unpaired) electrons. The SMILES string of the molecule is CCCCC(=O)Nc1ccc(N2CCN(C(=O)OCC)CC2)cn1. The molecule has 0 bridgehead atoms. The van der Waals surface area contributed by atoms with Gasteiger partial charge in [-0.15, -0.1) is 0 Å². The molecule has 24 heavy (non-hydrogen) atoms. The third-order valence-electron chi connectivity index (χ3n) is 3.94. The van der Waals surface area contributed by atoms with E-state index in [1.54, 1.807) is 11.1 Å². The molecule has 0 atom stereocenters. The lowest BCUT2D eigenvalue weighted by Gasteiger charge is -2.35. The molecule has 0 aromatic carbocycles. The summed E-state index contributed by atoms with van der Waals surface area (Å²) in [5.74, 6) is 0.574. The minimum Gasteiger partial charge on any atom is -0.450 e. The summed E-state index contributed by atoms with van der Waals surface area (Å²) in [4.78, 5) is 31.6. The molecule has 1 N–H and O–H groups in total. The number of hydrogen-bond acceptors (Lipinski definition) is 5. The Kier molecular flexibility index (Phi) is 6.84. The third kappa shape index (κ3) is 5.11. The summed E-state index contributed by atoms with van der Waals surface area (Å²) in [6.07, 6.45) is 3.91. The van der Waals surface area contributed by atoms with E-state index in [4.69, 9.17) is 4.74 Å². The average molecular weight is 334 g/mol. The molecule has 1 aliphatic rings. The Balaban J connectivity index is 1.84. The van der Waals surface area contributed by atoms with Crippen LogP contribution in [0.15, 0.2) is 18.3 Å². The van der Waals surface area contributed by atoms with Crippen LogP contribution in [-0.4, -0.2) is 54.7 Å². The van der Waals surface area contributed by atoms with Gasteiger partial charge >= 0.3 is 6.09 Å². The van der Waals surface area contributed by atoms with Gasteiger partial charge in [-0.3, -0.25) is 4.79 Å². The van der Waals surface area contributed by atoms with E-state index in [0.717, 1.165) is 31.6 Å². The first-order chi connectivity index (χ1) is 11.6. The topological polar surface area (TPSA) is 74.8 Å². The van der Waals surface area contributed by atoms with Crippen molar-refractivity contribution in [3.8, 4) is 0 Å². The summed E-state index contributed by atoms with van der Waals surface area (Å²) in [5.41, 5.74) is 0.991. The first kappa shape index (κ1) is 18.0. The van der Waals surface area contributed by atoms with Gasteiger partial charge in [-0.2, -0.15) is 0 Å². The smallest absolute Gasteiger partial charge is 0.409 e. The van der Waals surface area contributed by atoms with Gasteiger partial charge < -0.3 is 19.9 Å². The fourth-order valence-electron chi connectivity index (χ4n) is 2.55. The molecular weight excluding hydrogens is 308 g/mol. The zero-order valence-corrected chi connectivity index (χ0v) is 14.5. The minimum absolute atomic E-state index is 0.000140. The summed E-state index contributed by atoms with van der Waals surface area (Å²) in [7, 11) is 0. The molecule has 0 spiro atoms. The zero-order valence-electron chi connectivity index (χ0n) is 14.5. The van der Waals surface area contributed by atoms with E-state index in [1.165, 1.54) is 0 Å². The highest BCUT2D eigenvalue weighted by Gasteiger charge is 2.22. The number of hydrogen-bond donors (Lipinski definition) is 1. The lowest BCUT2D eigenvalue weighted by atomic mass is 10.2. The van der Waals surface area contributed by atoms with Gasteiger partial charge in [0.15, 0.2) is 0 Å². The van der Waals surface area contributed by atoms with Gasteiger partial charge in [0.1, 0.15) is 5.82 Å². The molecule has 1 aromatic rings. The van der Waals surface area contributed by atoms with Crippen molar-refractivity contribution >= 4 is 23.5 Å². The lowest BCUT2D eigenvalue weighted by Crippen LogP contribution is -2.49. The molecule has 1 aromatic heterocycles. The second-order valence-electron chi connectivity index (χ2n) is 5.73. The molecule has 1 aliphatic heterocycles. The number of nitrogens with one attached hydrogen (secondary N) is 1. The molecule has 7 nitrogen and oxygen atoms in total. The number of rotatable bonds is 6. The largest absolute Gasteiger partial charge is 0.450 e. The van der Waals surface area contributed by atoms with Gasteiger partial charge in [0, 0.05) is 32.6 Å². The van der Waals surface area contributed by atoms with E-state index in [0.29, 0.717) is 31.9 Å². The number of carbonyl (C=O) groups is 2. The summed E-state index contributed by atoms with van der Waals surface area (Å²) >= 11 is 0. The van der Waals surface area contributed by atoms with Crippen molar-refractivity contribution < 1.29 is 14.3 Å². The minimum atomic E-state index is -0.250. The van der Waals surface area contributed by atoms with Crippen LogP contribution in [0.2, 0.25) is 0 Å². The Bertz CT molecular complexity index is 539. The highest BCUT2D eigenvalue weighted by molar-refractivity contribution is 5.89. The van der Waals surface area contributed by atoms with Gasteiger partial charge in [-0.05, 0) is 25.5 Å². The monoisotopic (exact) mass is 334 g/mol. The molecule has 2 rings (SSSR count). The summed E-state index contributed by atoms with van der Waals surface area (Å²) < 4.78 is 5.02. The van der Waals surface area contributed by atoms with E-state index >= 15 is 0 Å². The quantitative estimate of drug-likeness (QED) is 0.865. The molecule has 0 unspecified atom stereocenters. The number of ether oxygens (including phenoxy) is 1. The maximum atomic E-state index is 11.7. The van der Waals surface area contributed by atoms with Crippen LogP contribution in [0.25, 0.3) is 0 Å². The Morgan fingerprint density at radius 2 is 1.96 bits per heavy atom. The number of aromatic nitrogens is 1. The zero-order chi connectivity index (χ0) is 17.4. The van der Waals surface area contributed by atoms with Crippen LogP contribution in [0.3, 0.4) is 0 Å². The highest BCUT2D eigenvalue weighted by Crippen LogP contribution is 2.17. The Morgan fingerprint density at radius 3 is 2.54 bits per heavy atom. The maximum absolute atomic E-state index is 11.7. The van der Waals surface area contributed by atoms with Crippen LogP contribution in [0.5, 0.6) is 0 Å². The van der Waals surface area contributed by atoms with Crippen LogP contribution in [-0.2, 0) is 9.53 Å². The molecular formula is C17H26N4O3. The van der Waals surface area contributed by atoms with Crippen molar-refractivity contribution in [2.24, 2.45) is 0 Å². The maximum Gasteiger partial charge on any atom is 0.409 e. The standard InChI is InChI=1S/C17H26N4O3/c1-3-5-6-16(22)19-15-8-7-14(13-18-15)20-9-11-21(12-10-20)17(23)24-4-2/h7-8,13H,3-6,9-12H2,1-2H3,(H,18,19,22). The predicted octanol–water partition coefficient (Wildman–Crippen LogP) is 2.49. The van der Waals surface area contributed by atoms with Gasteiger partial charge in [-0.25, -0.2) is 9.78 Å². The molecule has 0 aliphatic carbocycles. The van der Waals surface area contributed by atoms with E-state index in [2.05, 4.69) is 22.1 Å². The second kappa shape index (κ2) is 9.10. The van der Waals surface area contributed by atoms with E-state index < -0.39 is 0 Å². The number of piperazine rings is 1. The van der Waals surface area contributed by atoms with E-state index in [9.17, 15) is 9.59 Å². The summed E-state index contributed by atoms with van der Waals surface area (Å²) in [5, 5.41) is 2.80. The van der Waals surface area contributed by atoms with Crippen molar-refractivity contribution in [3.63, 3.8) is 0 Å². The number of nitrogens with zero attached hydrogens (tertiary/aromatic N) is 3. The van der Waals surface area contributed by atoms with Gasteiger partial charge in [0.2, 0.25) is 5.91 Å². The molecule has 0 saturated carbocycles. The first-order valence-corrected chi connectivity index (χ1v) is 8.56. The van der Waals surface area contributed by atoms with Crippen LogP contribution < -0.4 is 10.2 Å². The van der Waals surface area contributed by atoms with Crippen molar-refractivity contribution in [1.29, 1.82) is 0 Å². The fourth-order valence-corrected chi connectivity index (χ4v) is 2.55. The molecule has 7 heteroatoms. The number of carbonyl (C=O) groups excluding carboxylic acids is 2. The lowest BCUT2D eigenvalue weighted by molar-refractivity contribution is -0.116. The van der Waals surface area contributed by atoms with Crippen LogP contribution >= 0.6 is 0 Å². The van der Waals surface area contributed by atoms with Gasteiger partial charge in [0.25, 0.3) is 0 Å². The van der Waals surface area contributed by atoms with Crippen LogP contribution in [0.4, 0.5) is 16.3 Å². The second-order valence-corrected chi connectivity index (χ2v) is 5.73. The summed E-state index contributed by atoms with van der Waals surface area (Å²) in [6.45, 7) is 7.01. The summed E-state index contributed by atoms with van der Waals surface area (Å²) in [6, 6.07) is 3.76. The van der Waals surface area contributed by atoms with Gasteiger partial charge in [0.05, 0.1) is 18.5 Å². The molecule has 2 heterocycles. The fraction of sp³-hybridized carbons (Fsp3) is 0.588. The Labute approximate surface area is 143 Å². The van der Waals surface area contributed by atoms with Gasteiger partial charge in [-0.1, -0.05) is 13.3 Å². The van der Waals surface area contributed by atoms with Crippen molar-refractivity contribution in [2.75, 3.05) is 43.0 Å². The highest BCUT2D eigenvalue weighted by atomic mass is 16.6. The number of anilines is 2. The van der Waals surface area contributed by atoms with Crippen LogP contribution in [0.1, 0.15) is 33.1 Å². The molecule has 1 fully saturated rings. The Morgan fingerprint density at radius 1 is 1.21 bits per heavy atom. The van der Waals surface area contributed by atoms with Crippen molar-refractivity contribution in [1.82, 2.24) is 9.88 Å². The number of amides is 2. The first-order valence-electron chi connectivity index (χ1n) is 8.56. The number of unbranched alkanes of at least 4 members (excludes halogenated alkanes) is 1. The predicted molar refractivity (Wildman–Crippen MR) is 93.2 cm³/mol. The molecule has 1 saturated heterocycles. The van der Waals surface area contributed by atoms with Crippen molar-refractivity contribution in [3.05, 3.63) is 18.3 Å².